The second kappa shape index (κ2) is 9.73. The maximum atomic E-state index is 10.2. The van der Waals surface area contributed by atoms with E-state index in [1.54, 1.807) is 12.4 Å². The van der Waals surface area contributed by atoms with Crippen molar-refractivity contribution in [3.05, 3.63) is 66.6 Å². The molecule has 6 heteroatoms. The molecule has 6 nitrogen and oxygen atoms in total. The Morgan fingerprint density at radius 2 is 1.96 bits per heavy atom. The molecule has 27 heavy (non-hydrogen) atoms. The van der Waals surface area contributed by atoms with Crippen LogP contribution in [0.25, 0.3) is 10.9 Å². The van der Waals surface area contributed by atoms with E-state index in [1.165, 1.54) is 10.9 Å². The number of hydrogen-bond acceptors (Lipinski definition) is 3. The molecule has 1 aromatic carbocycles. The lowest BCUT2D eigenvalue weighted by atomic mass is 10.1. The minimum absolute atomic E-state index is 0.307. The second-order valence-electron chi connectivity index (χ2n) is 6.36. The summed E-state index contributed by atoms with van der Waals surface area (Å²) in [5.74, 6) is 0.725. The van der Waals surface area contributed by atoms with Crippen molar-refractivity contribution in [1.82, 2.24) is 20.2 Å². The summed E-state index contributed by atoms with van der Waals surface area (Å²) in [4.78, 5) is 8.46. The zero-order chi connectivity index (χ0) is 18.9. The molecule has 142 valence electrons. The van der Waals surface area contributed by atoms with E-state index in [2.05, 4.69) is 61.7 Å². The molecule has 0 saturated heterocycles. The highest BCUT2D eigenvalue weighted by molar-refractivity contribution is 5.80. The number of nitrogens with one attached hydrogen (secondary N) is 2. The van der Waals surface area contributed by atoms with Gasteiger partial charge in [0.25, 0.3) is 0 Å². The Labute approximate surface area is 160 Å². The molecule has 1 unspecified atom stereocenters. The summed E-state index contributed by atoms with van der Waals surface area (Å²) in [5, 5.41) is 18.1. The van der Waals surface area contributed by atoms with Crippen LogP contribution in [0.1, 0.15) is 25.0 Å². The number of pyridine rings is 1. The summed E-state index contributed by atoms with van der Waals surface area (Å²) in [7, 11) is 0. The van der Waals surface area contributed by atoms with Gasteiger partial charge in [0, 0.05) is 43.7 Å². The Balaban J connectivity index is 1.49. The van der Waals surface area contributed by atoms with Crippen LogP contribution in [0, 0.1) is 0 Å². The van der Waals surface area contributed by atoms with Gasteiger partial charge in [0.15, 0.2) is 5.96 Å². The minimum atomic E-state index is -0.630. The van der Waals surface area contributed by atoms with Crippen LogP contribution in [0.5, 0.6) is 0 Å². The zero-order valence-electron chi connectivity index (χ0n) is 15.7. The maximum absolute atomic E-state index is 10.2. The largest absolute Gasteiger partial charge is 0.386 e. The number of benzene rings is 1. The van der Waals surface area contributed by atoms with Crippen LogP contribution in [0.4, 0.5) is 0 Å². The molecule has 3 rings (SSSR count). The van der Waals surface area contributed by atoms with E-state index < -0.39 is 6.10 Å². The van der Waals surface area contributed by atoms with Crippen LogP contribution < -0.4 is 10.6 Å². The predicted octanol–water partition coefficient (Wildman–Crippen LogP) is 2.72. The Kier molecular flexibility index (Phi) is 6.82. The first-order valence-electron chi connectivity index (χ1n) is 9.42. The SMILES string of the molecule is CCNC(=NCC(O)c1ccncc1)NCCCn1ccc2ccccc21. The van der Waals surface area contributed by atoms with Crippen molar-refractivity contribution >= 4 is 16.9 Å². The van der Waals surface area contributed by atoms with Crippen molar-refractivity contribution in [1.29, 1.82) is 0 Å². The third kappa shape index (κ3) is 5.31. The quantitative estimate of drug-likeness (QED) is 0.326. The molecule has 0 radical (unpaired) electrons. The number of fused-ring (bicyclic) bond motifs is 1. The Morgan fingerprint density at radius 1 is 1.15 bits per heavy atom. The van der Waals surface area contributed by atoms with Crippen molar-refractivity contribution in [2.75, 3.05) is 19.6 Å². The lowest BCUT2D eigenvalue weighted by molar-refractivity contribution is 0.187. The maximum Gasteiger partial charge on any atom is 0.191 e. The monoisotopic (exact) mass is 365 g/mol. The van der Waals surface area contributed by atoms with Crippen molar-refractivity contribution in [3.8, 4) is 0 Å². The van der Waals surface area contributed by atoms with Gasteiger partial charge in [-0.15, -0.1) is 0 Å². The molecule has 0 aliphatic carbocycles. The number of rotatable bonds is 8. The number of para-hydroxylation sites is 1. The molecular formula is C21H27N5O. The highest BCUT2D eigenvalue weighted by Gasteiger charge is 2.07. The minimum Gasteiger partial charge on any atom is -0.386 e. The summed E-state index contributed by atoms with van der Waals surface area (Å²) >= 11 is 0. The van der Waals surface area contributed by atoms with E-state index in [1.807, 2.05) is 19.1 Å². The number of aromatic nitrogens is 2. The number of hydrogen-bond donors (Lipinski definition) is 3. The highest BCUT2D eigenvalue weighted by atomic mass is 16.3. The first-order valence-corrected chi connectivity index (χ1v) is 9.42. The normalized spacial score (nSPS) is 12.9. The fraction of sp³-hybridized carbons (Fsp3) is 0.333. The van der Waals surface area contributed by atoms with Crippen LogP contribution in [-0.2, 0) is 6.54 Å². The summed E-state index contributed by atoms with van der Waals surface area (Å²) < 4.78 is 2.27. The Hall–Kier alpha value is -2.86. The molecule has 3 aromatic rings. The van der Waals surface area contributed by atoms with E-state index in [0.717, 1.165) is 37.6 Å². The number of aryl methyl sites for hydroxylation is 1. The third-order valence-electron chi connectivity index (χ3n) is 4.41. The first kappa shape index (κ1) is 18.9. The molecule has 0 amide bonds. The zero-order valence-corrected chi connectivity index (χ0v) is 15.7. The predicted molar refractivity (Wildman–Crippen MR) is 110 cm³/mol. The van der Waals surface area contributed by atoms with E-state index in [-0.39, 0.29) is 0 Å². The fourth-order valence-electron chi connectivity index (χ4n) is 3.00. The molecule has 1 atom stereocenters. The van der Waals surface area contributed by atoms with Gasteiger partial charge in [0.1, 0.15) is 0 Å². The number of aliphatic hydroxyl groups excluding tert-OH is 1. The summed E-state index contributed by atoms with van der Waals surface area (Å²) in [6, 6.07) is 14.2. The molecule has 0 aliphatic heterocycles. The van der Waals surface area contributed by atoms with Crippen LogP contribution in [0.2, 0.25) is 0 Å². The molecule has 3 N–H and O–H groups in total. The van der Waals surface area contributed by atoms with Gasteiger partial charge in [-0.05, 0) is 48.6 Å². The lowest BCUT2D eigenvalue weighted by Crippen LogP contribution is -2.38. The van der Waals surface area contributed by atoms with Gasteiger partial charge in [-0.2, -0.15) is 0 Å². The number of nitrogens with zero attached hydrogens (tertiary/aromatic N) is 3. The first-order chi connectivity index (χ1) is 13.3. The van der Waals surface area contributed by atoms with Crippen LogP contribution in [0.15, 0.2) is 66.0 Å². The molecule has 2 aromatic heterocycles. The Morgan fingerprint density at radius 3 is 2.78 bits per heavy atom. The average Bonchev–Trinajstić information content (AvgIpc) is 3.13. The number of aliphatic imine (C=N–C) groups is 1. The molecule has 0 saturated carbocycles. The van der Waals surface area contributed by atoms with Crippen LogP contribution in [0.3, 0.4) is 0 Å². The van der Waals surface area contributed by atoms with Gasteiger partial charge in [-0.25, -0.2) is 0 Å². The van der Waals surface area contributed by atoms with Crippen molar-refractivity contribution < 1.29 is 5.11 Å². The van der Waals surface area contributed by atoms with Gasteiger partial charge >= 0.3 is 0 Å². The topological polar surface area (TPSA) is 74.5 Å². The van der Waals surface area contributed by atoms with Crippen LogP contribution >= 0.6 is 0 Å². The molecule has 0 fully saturated rings. The van der Waals surface area contributed by atoms with E-state index in [0.29, 0.717) is 6.54 Å². The lowest BCUT2D eigenvalue weighted by Gasteiger charge is -2.13. The molecule has 2 heterocycles. The number of guanidine groups is 1. The van der Waals surface area contributed by atoms with Gasteiger partial charge in [0.05, 0.1) is 12.6 Å². The van der Waals surface area contributed by atoms with E-state index >= 15 is 0 Å². The fourth-order valence-corrected chi connectivity index (χ4v) is 3.00. The van der Waals surface area contributed by atoms with E-state index in [4.69, 9.17) is 0 Å². The average molecular weight is 365 g/mol. The second-order valence-corrected chi connectivity index (χ2v) is 6.36. The smallest absolute Gasteiger partial charge is 0.191 e. The van der Waals surface area contributed by atoms with Gasteiger partial charge in [-0.3, -0.25) is 9.98 Å². The summed E-state index contributed by atoms with van der Waals surface area (Å²) in [6.45, 7) is 4.87. The highest BCUT2D eigenvalue weighted by Crippen LogP contribution is 2.15. The van der Waals surface area contributed by atoms with Gasteiger partial charge in [0.2, 0.25) is 0 Å². The van der Waals surface area contributed by atoms with Crippen LogP contribution in [-0.4, -0.2) is 40.3 Å². The standard InChI is InChI=1S/C21H27N5O/c1-2-23-21(25-16-20(27)18-8-12-22-13-9-18)24-11-5-14-26-15-10-17-6-3-4-7-19(17)26/h3-4,6-10,12-13,15,20,27H,2,5,11,14,16H2,1H3,(H2,23,24,25). The summed E-state index contributed by atoms with van der Waals surface area (Å²) in [6.07, 6.45) is 5.84. The summed E-state index contributed by atoms with van der Waals surface area (Å²) in [5.41, 5.74) is 2.09. The number of aliphatic hydroxyl groups is 1. The Bertz CT molecular complexity index is 859. The van der Waals surface area contributed by atoms with Gasteiger partial charge in [-0.1, -0.05) is 18.2 Å². The van der Waals surface area contributed by atoms with Gasteiger partial charge < -0.3 is 20.3 Å². The third-order valence-corrected chi connectivity index (χ3v) is 4.41. The van der Waals surface area contributed by atoms with Crippen molar-refractivity contribution in [2.24, 2.45) is 4.99 Å². The molecule has 0 spiro atoms. The van der Waals surface area contributed by atoms with Crippen molar-refractivity contribution in [3.63, 3.8) is 0 Å². The molecular weight excluding hydrogens is 338 g/mol. The molecule has 0 bridgehead atoms. The van der Waals surface area contributed by atoms with Crippen molar-refractivity contribution in [2.45, 2.75) is 26.0 Å². The molecule has 0 aliphatic rings. The van der Waals surface area contributed by atoms with E-state index in [9.17, 15) is 5.11 Å².